The first kappa shape index (κ1) is 24.9. The van der Waals surface area contributed by atoms with Crippen LogP contribution in [0.2, 0.25) is 0 Å². The van der Waals surface area contributed by atoms with E-state index < -0.39 is 0 Å². The zero-order valence-electron chi connectivity index (χ0n) is 20.5. The van der Waals surface area contributed by atoms with Gasteiger partial charge in [-0.2, -0.15) is 0 Å². The van der Waals surface area contributed by atoms with Crippen LogP contribution in [0, 0.1) is 0 Å². The van der Waals surface area contributed by atoms with Crippen molar-refractivity contribution in [3.63, 3.8) is 0 Å². The van der Waals surface area contributed by atoms with Gasteiger partial charge in [-0.25, -0.2) is 4.98 Å². The Labute approximate surface area is 211 Å². The summed E-state index contributed by atoms with van der Waals surface area (Å²) in [5, 5.41) is 8.76. The summed E-state index contributed by atoms with van der Waals surface area (Å²) in [7, 11) is 0. The van der Waals surface area contributed by atoms with Crippen molar-refractivity contribution < 1.29 is 14.3 Å². The largest absolute Gasteiger partial charge is 0.486 e. The highest BCUT2D eigenvalue weighted by Crippen LogP contribution is 2.23. The van der Waals surface area contributed by atoms with Crippen LogP contribution >= 0.6 is 11.3 Å². The van der Waals surface area contributed by atoms with Gasteiger partial charge in [0.15, 0.2) is 0 Å². The molecule has 2 atom stereocenters. The van der Waals surface area contributed by atoms with Gasteiger partial charge in [-0.05, 0) is 48.1 Å². The molecule has 4 rings (SSSR count). The molecule has 1 aliphatic rings. The maximum atomic E-state index is 12.9. The van der Waals surface area contributed by atoms with Gasteiger partial charge in [0.2, 0.25) is 0 Å². The summed E-state index contributed by atoms with van der Waals surface area (Å²) in [6, 6.07) is 17.1. The molecule has 0 aliphatic heterocycles. The molecule has 1 heterocycles. The molecule has 35 heavy (non-hydrogen) atoms. The Balaban J connectivity index is 1.34. The number of amides is 2. The number of hydrogen-bond acceptors (Lipinski definition) is 5. The van der Waals surface area contributed by atoms with Crippen LogP contribution in [0.5, 0.6) is 5.75 Å². The molecule has 1 fully saturated rings. The Hall–Kier alpha value is -3.19. The number of hydrogen-bond donors (Lipinski definition) is 2. The van der Waals surface area contributed by atoms with Crippen molar-refractivity contribution in [2.75, 3.05) is 0 Å². The molecule has 0 saturated heterocycles. The molecule has 2 amide bonds. The lowest BCUT2D eigenvalue weighted by atomic mass is 9.86. The van der Waals surface area contributed by atoms with Gasteiger partial charge in [-0.15, -0.1) is 11.3 Å². The number of benzene rings is 2. The molecule has 2 N–H and O–H groups in total. The summed E-state index contributed by atoms with van der Waals surface area (Å²) in [6.07, 6.45) is 3.71. The SMILES string of the molecule is CC(C)(C)c1ccc(C(=O)NC2CCCCC2NC(=O)c2csc(COc3ccccc3)n2)cc1. The summed E-state index contributed by atoms with van der Waals surface area (Å²) in [5.41, 5.74) is 2.25. The predicted molar refractivity (Wildman–Crippen MR) is 139 cm³/mol. The van der Waals surface area contributed by atoms with Crippen LogP contribution in [-0.4, -0.2) is 28.9 Å². The molecule has 0 bridgehead atoms. The summed E-state index contributed by atoms with van der Waals surface area (Å²) in [5.74, 6) is 0.445. The fourth-order valence-electron chi connectivity index (χ4n) is 4.24. The molecule has 6 nitrogen and oxygen atoms in total. The van der Waals surface area contributed by atoms with Crippen molar-refractivity contribution in [2.45, 2.75) is 70.6 Å². The highest BCUT2D eigenvalue weighted by atomic mass is 32.1. The second kappa shape index (κ2) is 11.0. The van der Waals surface area contributed by atoms with Gasteiger partial charge < -0.3 is 15.4 Å². The molecule has 0 spiro atoms. The zero-order chi connectivity index (χ0) is 24.8. The number of aromatic nitrogens is 1. The minimum Gasteiger partial charge on any atom is -0.486 e. The van der Waals surface area contributed by atoms with E-state index in [0.717, 1.165) is 36.4 Å². The predicted octanol–water partition coefficient (Wildman–Crippen LogP) is 5.49. The Morgan fingerprint density at radius 3 is 2.20 bits per heavy atom. The first-order valence-electron chi connectivity index (χ1n) is 12.1. The van der Waals surface area contributed by atoms with Crippen LogP contribution < -0.4 is 15.4 Å². The van der Waals surface area contributed by atoms with E-state index in [4.69, 9.17) is 4.74 Å². The molecule has 1 aromatic heterocycles. The van der Waals surface area contributed by atoms with Crippen LogP contribution in [0.15, 0.2) is 60.0 Å². The first-order valence-corrected chi connectivity index (χ1v) is 13.0. The number of carbonyl (C=O) groups is 2. The van der Waals surface area contributed by atoms with E-state index in [9.17, 15) is 9.59 Å². The van der Waals surface area contributed by atoms with Crippen LogP contribution in [0.4, 0.5) is 0 Å². The number of para-hydroxylation sites is 1. The Kier molecular flexibility index (Phi) is 7.86. The second-order valence-electron chi connectivity index (χ2n) is 10.00. The molecular weight excluding hydrogens is 458 g/mol. The maximum Gasteiger partial charge on any atom is 0.271 e. The third kappa shape index (κ3) is 6.69. The monoisotopic (exact) mass is 491 g/mol. The molecule has 7 heteroatoms. The number of nitrogens with zero attached hydrogens (tertiary/aromatic N) is 1. The smallest absolute Gasteiger partial charge is 0.271 e. The van der Waals surface area contributed by atoms with Gasteiger partial charge in [-0.3, -0.25) is 9.59 Å². The molecular formula is C28H33N3O3S. The molecule has 1 aliphatic carbocycles. The van der Waals surface area contributed by atoms with E-state index in [1.165, 1.54) is 16.9 Å². The van der Waals surface area contributed by atoms with Crippen LogP contribution in [0.3, 0.4) is 0 Å². The quantitative estimate of drug-likeness (QED) is 0.458. The minimum absolute atomic E-state index is 0.0387. The van der Waals surface area contributed by atoms with Crippen molar-refractivity contribution >= 4 is 23.2 Å². The van der Waals surface area contributed by atoms with Gasteiger partial charge in [0.05, 0.1) is 0 Å². The van der Waals surface area contributed by atoms with Crippen molar-refractivity contribution in [3.8, 4) is 5.75 Å². The third-order valence-corrected chi connectivity index (χ3v) is 7.12. The molecule has 2 aromatic carbocycles. The number of carbonyl (C=O) groups excluding carboxylic acids is 2. The van der Waals surface area contributed by atoms with Gasteiger partial charge in [0.25, 0.3) is 11.8 Å². The standard InChI is InChI=1S/C28H33N3O3S/c1-28(2,3)20-15-13-19(14-16-20)26(32)30-22-11-7-8-12-23(22)31-27(33)24-18-35-25(29-24)17-34-21-9-5-4-6-10-21/h4-6,9-10,13-16,18,22-23H,7-8,11-12,17H2,1-3H3,(H,30,32)(H,31,33). The summed E-state index contributed by atoms with van der Waals surface area (Å²) < 4.78 is 5.73. The van der Waals surface area contributed by atoms with Gasteiger partial charge >= 0.3 is 0 Å². The fraction of sp³-hybridized carbons (Fsp3) is 0.393. The lowest BCUT2D eigenvalue weighted by Gasteiger charge is -2.32. The fourth-order valence-corrected chi connectivity index (χ4v) is 4.92. The van der Waals surface area contributed by atoms with Gasteiger partial charge in [-0.1, -0.05) is 63.9 Å². The van der Waals surface area contributed by atoms with E-state index in [1.807, 2.05) is 54.6 Å². The summed E-state index contributed by atoms with van der Waals surface area (Å²) in [4.78, 5) is 30.3. The molecule has 184 valence electrons. The van der Waals surface area contributed by atoms with Crippen LogP contribution in [-0.2, 0) is 12.0 Å². The number of ether oxygens (including phenoxy) is 1. The van der Waals surface area contributed by atoms with Crippen LogP contribution in [0.1, 0.15) is 77.9 Å². The Morgan fingerprint density at radius 2 is 1.57 bits per heavy atom. The van der Waals surface area contributed by atoms with E-state index in [1.54, 1.807) is 5.38 Å². The maximum absolute atomic E-state index is 12.9. The lowest BCUT2D eigenvalue weighted by Crippen LogP contribution is -2.53. The number of rotatable bonds is 7. The van der Waals surface area contributed by atoms with E-state index >= 15 is 0 Å². The molecule has 0 radical (unpaired) electrons. The van der Waals surface area contributed by atoms with Gasteiger partial charge in [0, 0.05) is 23.0 Å². The van der Waals surface area contributed by atoms with Crippen molar-refractivity contribution in [1.29, 1.82) is 0 Å². The van der Waals surface area contributed by atoms with E-state index in [0.29, 0.717) is 17.9 Å². The zero-order valence-corrected chi connectivity index (χ0v) is 21.4. The lowest BCUT2D eigenvalue weighted by molar-refractivity contribution is 0.0860. The van der Waals surface area contributed by atoms with Crippen molar-refractivity contribution in [1.82, 2.24) is 15.6 Å². The number of nitrogens with one attached hydrogen (secondary N) is 2. The molecule has 2 unspecified atom stereocenters. The first-order chi connectivity index (χ1) is 16.8. The summed E-state index contributed by atoms with van der Waals surface area (Å²) in [6.45, 7) is 6.77. The minimum atomic E-state index is -0.215. The van der Waals surface area contributed by atoms with Crippen molar-refractivity contribution in [3.05, 3.63) is 81.8 Å². The Bertz CT molecular complexity index is 1140. The van der Waals surface area contributed by atoms with E-state index in [-0.39, 0.29) is 29.3 Å². The molecule has 3 aromatic rings. The average Bonchev–Trinajstić information content (AvgIpc) is 3.33. The third-order valence-electron chi connectivity index (χ3n) is 6.30. The number of thiazole rings is 1. The summed E-state index contributed by atoms with van der Waals surface area (Å²) >= 11 is 1.40. The molecule has 1 saturated carbocycles. The topological polar surface area (TPSA) is 80.3 Å². The Morgan fingerprint density at radius 1 is 0.943 bits per heavy atom. The average molecular weight is 492 g/mol. The van der Waals surface area contributed by atoms with Gasteiger partial charge in [0.1, 0.15) is 23.1 Å². The van der Waals surface area contributed by atoms with Crippen molar-refractivity contribution in [2.24, 2.45) is 0 Å². The second-order valence-corrected chi connectivity index (χ2v) is 10.9. The highest BCUT2D eigenvalue weighted by molar-refractivity contribution is 7.09. The van der Waals surface area contributed by atoms with E-state index in [2.05, 4.69) is 36.4 Å². The van der Waals surface area contributed by atoms with Crippen LogP contribution in [0.25, 0.3) is 0 Å². The highest BCUT2D eigenvalue weighted by Gasteiger charge is 2.29. The normalized spacial score (nSPS) is 18.0.